The molecule has 94 valence electrons. The molecule has 0 saturated heterocycles. The van der Waals surface area contributed by atoms with Crippen LogP contribution in [0, 0.1) is 0 Å². The van der Waals surface area contributed by atoms with Gasteiger partial charge in [-0.15, -0.1) is 11.3 Å². The van der Waals surface area contributed by atoms with Gasteiger partial charge in [0, 0.05) is 10.8 Å². The second-order valence-corrected chi connectivity index (χ2v) is 6.53. The third-order valence-corrected chi connectivity index (χ3v) is 4.98. The highest BCUT2D eigenvalue weighted by atomic mass is 35.5. The molecule has 18 heavy (non-hydrogen) atoms. The van der Waals surface area contributed by atoms with E-state index in [1.54, 1.807) is 0 Å². The monoisotopic (exact) mass is 278 g/mol. The number of rotatable bonds is 2. The number of hydrogen-bond donors (Lipinski definition) is 1. The molecule has 1 aliphatic carbocycles. The fraction of sp³-hybridized carbons (Fsp3) is 0.333. The maximum absolute atomic E-state index is 10.6. The Morgan fingerprint density at radius 1 is 1.22 bits per heavy atom. The molecular formula is C15H15ClOS. The molecule has 1 aromatic heterocycles. The zero-order valence-electron chi connectivity index (χ0n) is 9.97. The summed E-state index contributed by atoms with van der Waals surface area (Å²) < 4.78 is 0.744. The molecule has 0 bridgehead atoms. The van der Waals surface area contributed by atoms with Crippen molar-refractivity contribution in [3.8, 4) is 0 Å². The van der Waals surface area contributed by atoms with Crippen LogP contribution >= 0.6 is 22.9 Å². The molecule has 0 spiro atoms. The van der Waals surface area contributed by atoms with Gasteiger partial charge in [-0.25, -0.2) is 0 Å². The van der Waals surface area contributed by atoms with Crippen molar-refractivity contribution < 1.29 is 5.11 Å². The quantitative estimate of drug-likeness (QED) is 0.854. The minimum Gasteiger partial charge on any atom is -0.387 e. The van der Waals surface area contributed by atoms with Crippen molar-refractivity contribution in [1.29, 1.82) is 0 Å². The molecule has 2 aromatic rings. The maximum atomic E-state index is 10.6. The van der Waals surface area contributed by atoms with Gasteiger partial charge < -0.3 is 5.11 Å². The first kappa shape index (κ1) is 12.2. The van der Waals surface area contributed by atoms with E-state index in [1.807, 2.05) is 12.1 Å². The normalized spacial score (nSPS) is 20.4. The number of benzene rings is 1. The van der Waals surface area contributed by atoms with Gasteiger partial charge in [0.15, 0.2) is 0 Å². The molecule has 3 heteroatoms. The third-order valence-electron chi connectivity index (χ3n) is 3.68. The summed E-state index contributed by atoms with van der Waals surface area (Å²) in [7, 11) is 0. The lowest BCUT2D eigenvalue weighted by Gasteiger charge is -2.28. The van der Waals surface area contributed by atoms with E-state index in [2.05, 4.69) is 24.3 Å². The summed E-state index contributed by atoms with van der Waals surface area (Å²) in [5.41, 5.74) is 2.69. The Bertz CT molecular complexity index is 549. The van der Waals surface area contributed by atoms with Crippen molar-refractivity contribution in [3.05, 3.63) is 56.7 Å². The van der Waals surface area contributed by atoms with Crippen LogP contribution in [0.4, 0.5) is 0 Å². The molecule has 1 N–H and O–H groups in total. The van der Waals surface area contributed by atoms with Gasteiger partial charge in [-0.1, -0.05) is 35.9 Å². The Morgan fingerprint density at radius 3 is 2.83 bits per heavy atom. The van der Waals surface area contributed by atoms with Crippen LogP contribution in [0.5, 0.6) is 0 Å². The highest BCUT2D eigenvalue weighted by Crippen LogP contribution is 2.42. The van der Waals surface area contributed by atoms with E-state index < -0.39 is 6.10 Å². The summed E-state index contributed by atoms with van der Waals surface area (Å²) in [6.45, 7) is 0. The summed E-state index contributed by atoms with van der Waals surface area (Å²) in [6.07, 6.45) is 2.90. The van der Waals surface area contributed by atoms with E-state index in [0.29, 0.717) is 0 Å². The number of aryl methyl sites for hydroxylation is 1. The Hall–Kier alpha value is -0.830. The fourth-order valence-electron chi connectivity index (χ4n) is 2.80. The number of thiophene rings is 1. The molecule has 2 atom stereocenters. The largest absolute Gasteiger partial charge is 0.387 e. The topological polar surface area (TPSA) is 20.2 Å². The lowest BCUT2D eigenvalue weighted by Crippen LogP contribution is -2.16. The molecule has 1 heterocycles. The Morgan fingerprint density at radius 2 is 2.06 bits per heavy atom. The summed E-state index contributed by atoms with van der Waals surface area (Å²) in [6, 6.07) is 12.3. The smallest absolute Gasteiger partial charge is 0.0950 e. The van der Waals surface area contributed by atoms with Gasteiger partial charge in [0.2, 0.25) is 0 Å². The number of fused-ring (bicyclic) bond motifs is 1. The molecule has 3 rings (SSSR count). The third kappa shape index (κ3) is 2.20. The van der Waals surface area contributed by atoms with E-state index in [4.69, 9.17) is 11.6 Å². The fourth-order valence-corrected chi connectivity index (χ4v) is 3.92. The molecule has 0 radical (unpaired) electrons. The van der Waals surface area contributed by atoms with Crippen LogP contribution in [0.1, 0.15) is 40.9 Å². The molecule has 0 saturated carbocycles. The van der Waals surface area contributed by atoms with Crippen molar-refractivity contribution in [2.75, 3.05) is 0 Å². The summed E-state index contributed by atoms with van der Waals surface area (Å²) in [5.74, 6) is 0.213. The summed E-state index contributed by atoms with van der Waals surface area (Å²) in [5, 5.41) is 10.6. The van der Waals surface area contributed by atoms with Crippen LogP contribution in [-0.2, 0) is 6.42 Å². The van der Waals surface area contributed by atoms with E-state index in [1.165, 1.54) is 22.5 Å². The van der Waals surface area contributed by atoms with Crippen LogP contribution in [0.15, 0.2) is 36.4 Å². The highest BCUT2D eigenvalue weighted by Gasteiger charge is 2.28. The van der Waals surface area contributed by atoms with Gasteiger partial charge in [0.05, 0.1) is 10.4 Å². The van der Waals surface area contributed by atoms with Gasteiger partial charge >= 0.3 is 0 Å². The Kier molecular flexibility index (Phi) is 3.42. The molecular weight excluding hydrogens is 264 g/mol. The van der Waals surface area contributed by atoms with E-state index >= 15 is 0 Å². The zero-order chi connectivity index (χ0) is 12.5. The van der Waals surface area contributed by atoms with Crippen LogP contribution in [-0.4, -0.2) is 5.11 Å². The van der Waals surface area contributed by atoms with Crippen LogP contribution in [0.3, 0.4) is 0 Å². The van der Waals surface area contributed by atoms with Crippen molar-refractivity contribution in [3.63, 3.8) is 0 Å². The van der Waals surface area contributed by atoms with Gasteiger partial charge in [-0.3, -0.25) is 0 Å². The standard InChI is InChI=1S/C15H15ClOS/c16-14-9-8-13(18-14)15(17)12-7-3-5-10-4-1-2-6-11(10)12/h1-2,4,6,8-9,12,15,17H,3,5,7H2. The second-order valence-electron chi connectivity index (χ2n) is 4.78. The number of hydrogen-bond acceptors (Lipinski definition) is 2. The van der Waals surface area contributed by atoms with E-state index in [9.17, 15) is 5.11 Å². The first-order chi connectivity index (χ1) is 8.75. The molecule has 1 aromatic carbocycles. The Balaban J connectivity index is 1.94. The molecule has 0 amide bonds. The molecule has 1 aliphatic rings. The van der Waals surface area contributed by atoms with Gasteiger partial charge in [-0.05, 0) is 42.5 Å². The molecule has 0 aliphatic heterocycles. The van der Waals surface area contributed by atoms with E-state index in [0.717, 1.165) is 28.5 Å². The molecule has 1 nitrogen and oxygen atoms in total. The van der Waals surface area contributed by atoms with Crippen molar-refractivity contribution in [1.82, 2.24) is 0 Å². The first-order valence-electron chi connectivity index (χ1n) is 6.27. The van der Waals surface area contributed by atoms with Crippen molar-refractivity contribution >= 4 is 22.9 Å². The Labute approximate surface area is 116 Å². The average molecular weight is 279 g/mol. The number of aliphatic hydroxyl groups excluding tert-OH is 1. The average Bonchev–Trinajstić information content (AvgIpc) is 2.84. The number of aliphatic hydroxyl groups is 1. The minimum absolute atomic E-state index is 0.213. The van der Waals surface area contributed by atoms with Crippen LogP contribution < -0.4 is 0 Å². The first-order valence-corrected chi connectivity index (χ1v) is 7.46. The van der Waals surface area contributed by atoms with Crippen molar-refractivity contribution in [2.24, 2.45) is 0 Å². The maximum Gasteiger partial charge on any atom is 0.0950 e. The van der Waals surface area contributed by atoms with E-state index in [-0.39, 0.29) is 5.92 Å². The van der Waals surface area contributed by atoms with Crippen LogP contribution in [0.2, 0.25) is 4.34 Å². The predicted octanol–water partition coefficient (Wildman–Crippen LogP) is 4.56. The predicted molar refractivity (Wildman–Crippen MR) is 76.4 cm³/mol. The number of halogens is 1. The molecule has 2 unspecified atom stereocenters. The van der Waals surface area contributed by atoms with Crippen LogP contribution in [0.25, 0.3) is 0 Å². The van der Waals surface area contributed by atoms with Gasteiger partial charge in [0.25, 0.3) is 0 Å². The SMILES string of the molecule is OC(c1ccc(Cl)s1)C1CCCc2ccccc21. The van der Waals surface area contributed by atoms with Crippen molar-refractivity contribution in [2.45, 2.75) is 31.3 Å². The lowest BCUT2D eigenvalue weighted by molar-refractivity contribution is 0.139. The lowest BCUT2D eigenvalue weighted by atomic mass is 9.79. The van der Waals surface area contributed by atoms with Gasteiger partial charge in [0.1, 0.15) is 0 Å². The second kappa shape index (κ2) is 5.04. The molecule has 0 fully saturated rings. The highest BCUT2D eigenvalue weighted by molar-refractivity contribution is 7.16. The summed E-state index contributed by atoms with van der Waals surface area (Å²) >= 11 is 7.43. The summed E-state index contributed by atoms with van der Waals surface area (Å²) in [4.78, 5) is 0.974. The minimum atomic E-state index is -0.427. The van der Waals surface area contributed by atoms with Gasteiger partial charge in [-0.2, -0.15) is 0 Å². The zero-order valence-corrected chi connectivity index (χ0v) is 11.5.